The summed E-state index contributed by atoms with van der Waals surface area (Å²) in [6, 6.07) is 0. The van der Waals surface area contributed by atoms with Crippen LogP contribution in [0.2, 0.25) is 0 Å². The van der Waals surface area contributed by atoms with Crippen LogP contribution in [0.4, 0.5) is 0 Å². The highest BCUT2D eigenvalue weighted by Crippen LogP contribution is 2.09. The summed E-state index contributed by atoms with van der Waals surface area (Å²) in [5, 5.41) is 11.1. The van der Waals surface area contributed by atoms with Crippen molar-refractivity contribution in [3.8, 4) is 0 Å². The maximum absolute atomic E-state index is 12.3. The minimum atomic E-state index is 0.0280. The van der Waals surface area contributed by atoms with Crippen LogP contribution in [0.25, 0.3) is 0 Å². The fraction of sp³-hybridized carbons (Fsp3) is 0.842. The van der Waals surface area contributed by atoms with Gasteiger partial charge in [-0.3, -0.25) is 9.56 Å². The fourth-order valence-corrected chi connectivity index (χ4v) is 3.30. The zero-order valence-electron chi connectivity index (χ0n) is 17.7. The third-order valence-electron chi connectivity index (χ3n) is 4.85. The molecule has 0 fully saturated rings. The molecule has 0 unspecified atom stereocenters. The van der Waals surface area contributed by atoms with E-state index in [9.17, 15) is 4.79 Å². The second kappa shape index (κ2) is 12.6. The molecule has 1 aliphatic heterocycles. The van der Waals surface area contributed by atoms with Gasteiger partial charge >= 0.3 is 5.69 Å². The third-order valence-corrected chi connectivity index (χ3v) is 4.85. The molecule has 1 aromatic heterocycles. The van der Waals surface area contributed by atoms with Gasteiger partial charge < -0.3 is 20.3 Å². The van der Waals surface area contributed by atoms with Gasteiger partial charge in [0, 0.05) is 66.0 Å². The van der Waals surface area contributed by atoms with E-state index in [-0.39, 0.29) is 5.69 Å². The van der Waals surface area contributed by atoms with E-state index in [4.69, 9.17) is 4.74 Å². The Hall–Kier alpha value is -1.87. The summed E-state index contributed by atoms with van der Waals surface area (Å²) in [5.74, 6) is 1.76. The highest BCUT2D eigenvalue weighted by Gasteiger charge is 2.16. The lowest BCUT2D eigenvalue weighted by Gasteiger charge is -2.18. The van der Waals surface area contributed by atoms with Crippen LogP contribution in [0.3, 0.4) is 0 Å². The zero-order chi connectivity index (χ0) is 20.2. The first-order valence-electron chi connectivity index (χ1n) is 10.5. The molecule has 9 nitrogen and oxygen atoms in total. The largest absolute Gasteiger partial charge is 0.385 e. The van der Waals surface area contributed by atoms with Crippen LogP contribution in [-0.4, -0.2) is 78.7 Å². The molecule has 0 amide bonds. The first-order valence-corrected chi connectivity index (χ1v) is 10.5. The van der Waals surface area contributed by atoms with Crippen molar-refractivity contribution in [2.45, 2.75) is 52.1 Å². The summed E-state index contributed by atoms with van der Waals surface area (Å²) >= 11 is 0. The molecule has 0 bridgehead atoms. The molecular formula is C19H37N7O2. The predicted molar refractivity (Wildman–Crippen MR) is 112 cm³/mol. The summed E-state index contributed by atoms with van der Waals surface area (Å²) in [7, 11) is 3.85. The molecule has 160 valence electrons. The van der Waals surface area contributed by atoms with E-state index in [2.05, 4.69) is 39.6 Å². The molecule has 0 saturated carbocycles. The molecule has 9 heteroatoms. The quantitative estimate of drug-likeness (QED) is 0.301. The molecule has 28 heavy (non-hydrogen) atoms. The number of nitrogens with zero attached hydrogens (tertiary/aromatic N) is 5. The summed E-state index contributed by atoms with van der Waals surface area (Å²) in [4.78, 5) is 19.2. The molecule has 2 N–H and O–H groups in total. The molecule has 2 heterocycles. The number of hydrogen-bond acceptors (Lipinski definition) is 5. The van der Waals surface area contributed by atoms with Gasteiger partial charge in [0.1, 0.15) is 5.82 Å². The Labute approximate surface area is 168 Å². The monoisotopic (exact) mass is 395 g/mol. The maximum atomic E-state index is 12.3. The summed E-state index contributed by atoms with van der Waals surface area (Å²) < 4.78 is 8.51. The smallest absolute Gasteiger partial charge is 0.345 e. The number of aromatic nitrogens is 3. The van der Waals surface area contributed by atoms with Gasteiger partial charge in [-0.25, -0.2) is 9.48 Å². The van der Waals surface area contributed by atoms with Crippen LogP contribution >= 0.6 is 0 Å². The standard InChI is InChI=1S/C19H37N7O2/c1-4-20-18(22-11-15-24(2)12-8-16-28-3)21-10-7-14-26-19(27)25-13-6-5-9-17(25)23-26/h4-16H2,1-3H3,(H2,20,21,22). The van der Waals surface area contributed by atoms with E-state index in [1.807, 2.05) is 4.57 Å². The van der Waals surface area contributed by atoms with E-state index in [1.54, 1.807) is 11.8 Å². The van der Waals surface area contributed by atoms with Gasteiger partial charge in [0.15, 0.2) is 5.96 Å². The van der Waals surface area contributed by atoms with Crippen LogP contribution in [-0.2, 0) is 24.2 Å². The summed E-state index contributed by atoms with van der Waals surface area (Å²) in [5.41, 5.74) is 0.0280. The normalized spacial score (nSPS) is 14.4. The van der Waals surface area contributed by atoms with Crippen molar-refractivity contribution in [1.82, 2.24) is 29.9 Å². The lowest BCUT2D eigenvalue weighted by atomic mass is 10.2. The number of nitrogens with one attached hydrogen (secondary N) is 2. The van der Waals surface area contributed by atoms with E-state index >= 15 is 0 Å². The third kappa shape index (κ3) is 7.27. The van der Waals surface area contributed by atoms with Gasteiger partial charge in [0.05, 0.1) is 0 Å². The number of likely N-dealkylation sites (N-methyl/N-ethyl adjacent to an activating group) is 1. The topological polar surface area (TPSA) is 88.7 Å². The Morgan fingerprint density at radius 3 is 2.89 bits per heavy atom. The number of rotatable bonds is 12. The molecule has 0 spiro atoms. The average molecular weight is 396 g/mol. The van der Waals surface area contributed by atoms with E-state index < -0.39 is 0 Å². The summed E-state index contributed by atoms with van der Waals surface area (Å²) in [6.07, 6.45) is 4.94. The lowest BCUT2D eigenvalue weighted by molar-refractivity contribution is 0.180. The Morgan fingerprint density at radius 1 is 1.29 bits per heavy atom. The van der Waals surface area contributed by atoms with E-state index in [0.717, 1.165) is 83.2 Å². The van der Waals surface area contributed by atoms with Gasteiger partial charge in [-0.15, -0.1) is 0 Å². The average Bonchev–Trinajstić information content (AvgIpc) is 3.01. The second-order valence-corrected chi connectivity index (χ2v) is 7.22. The molecule has 2 rings (SSSR count). The molecule has 0 radical (unpaired) electrons. The SMILES string of the molecule is CCNC(=NCCCn1nc2n(c1=O)CCCC2)NCCN(C)CCCOC. The highest BCUT2D eigenvalue weighted by atomic mass is 16.5. The van der Waals surface area contributed by atoms with Crippen LogP contribution in [0, 0.1) is 0 Å². The van der Waals surface area contributed by atoms with Crippen LogP contribution < -0.4 is 16.3 Å². The Balaban J connectivity index is 1.72. The Kier molecular flexibility index (Phi) is 10.1. The first-order chi connectivity index (χ1) is 13.7. The van der Waals surface area contributed by atoms with Crippen molar-refractivity contribution in [2.75, 3.05) is 53.5 Å². The number of methoxy groups -OCH3 is 1. The second-order valence-electron chi connectivity index (χ2n) is 7.22. The number of aryl methyl sites for hydroxylation is 2. The van der Waals surface area contributed by atoms with E-state index in [1.165, 1.54) is 0 Å². The first kappa shape index (κ1) is 22.4. The molecular weight excluding hydrogens is 358 g/mol. The summed E-state index contributed by atoms with van der Waals surface area (Å²) in [6.45, 7) is 8.56. The Morgan fingerprint density at radius 2 is 2.14 bits per heavy atom. The minimum Gasteiger partial charge on any atom is -0.385 e. The highest BCUT2D eigenvalue weighted by molar-refractivity contribution is 5.79. The van der Waals surface area contributed by atoms with Gasteiger partial charge in [-0.05, 0) is 39.7 Å². The van der Waals surface area contributed by atoms with Crippen molar-refractivity contribution in [3.05, 3.63) is 16.3 Å². The zero-order valence-corrected chi connectivity index (χ0v) is 17.7. The minimum absolute atomic E-state index is 0.0280. The molecule has 0 atom stereocenters. The van der Waals surface area contributed by atoms with Gasteiger partial charge in [-0.2, -0.15) is 5.10 Å². The predicted octanol–water partition coefficient (Wildman–Crippen LogP) is 0.295. The molecule has 0 saturated heterocycles. The number of ether oxygens (including phenoxy) is 1. The van der Waals surface area contributed by atoms with Gasteiger partial charge in [-0.1, -0.05) is 0 Å². The molecule has 1 aromatic rings. The molecule has 0 aromatic carbocycles. The van der Waals surface area contributed by atoms with Crippen molar-refractivity contribution < 1.29 is 4.74 Å². The molecule has 0 aliphatic carbocycles. The van der Waals surface area contributed by atoms with E-state index in [0.29, 0.717) is 13.1 Å². The van der Waals surface area contributed by atoms with Gasteiger partial charge in [0.2, 0.25) is 0 Å². The molecule has 1 aliphatic rings. The van der Waals surface area contributed by atoms with Crippen molar-refractivity contribution in [2.24, 2.45) is 4.99 Å². The lowest BCUT2D eigenvalue weighted by Crippen LogP contribution is -2.41. The number of hydrogen-bond donors (Lipinski definition) is 2. The number of fused-ring (bicyclic) bond motifs is 1. The van der Waals surface area contributed by atoms with Crippen molar-refractivity contribution >= 4 is 5.96 Å². The van der Waals surface area contributed by atoms with Crippen molar-refractivity contribution in [1.29, 1.82) is 0 Å². The number of guanidine groups is 1. The Bertz CT molecular complexity index is 653. The maximum Gasteiger partial charge on any atom is 0.345 e. The van der Waals surface area contributed by atoms with Crippen LogP contribution in [0.15, 0.2) is 9.79 Å². The van der Waals surface area contributed by atoms with Gasteiger partial charge in [0.25, 0.3) is 0 Å². The number of aliphatic imine (C=N–C) groups is 1. The fourth-order valence-electron chi connectivity index (χ4n) is 3.30. The van der Waals surface area contributed by atoms with Crippen LogP contribution in [0.5, 0.6) is 0 Å². The van der Waals surface area contributed by atoms with Crippen molar-refractivity contribution in [3.63, 3.8) is 0 Å². The van der Waals surface area contributed by atoms with Crippen LogP contribution in [0.1, 0.15) is 38.4 Å².